The van der Waals surface area contributed by atoms with E-state index in [1.54, 1.807) is 4.90 Å². The lowest BCUT2D eigenvalue weighted by molar-refractivity contribution is -0.136. The molecule has 0 unspecified atom stereocenters. The second kappa shape index (κ2) is 8.64. The lowest BCUT2D eigenvalue weighted by Crippen LogP contribution is -2.43. The number of nitrogens with zero attached hydrogens (tertiary/aromatic N) is 1. The van der Waals surface area contributed by atoms with Crippen LogP contribution in [0, 0.1) is 0 Å². The Labute approximate surface area is 145 Å². The summed E-state index contributed by atoms with van der Waals surface area (Å²) in [6.45, 7) is -0.540. The van der Waals surface area contributed by atoms with E-state index in [0.717, 1.165) is 12.8 Å². The molecule has 0 bridgehead atoms. The normalized spacial score (nSPS) is 16.8. The van der Waals surface area contributed by atoms with Gasteiger partial charge in [-0.1, -0.05) is 6.92 Å². The van der Waals surface area contributed by atoms with Crippen LogP contribution < -0.4 is 14.8 Å². The molecular weight excluding hydrogens is 334 g/mol. The first-order valence-corrected chi connectivity index (χ1v) is 8.19. The number of carbonyl (C=O) groups is 2. The van der Waals surface area contributed by atoms with Crippen LogP contribution in [-0.2, 0) is 9.59 Å². The fourth-order valence-corrected chi connectivity index (χ4v) is 2.86. The Hall–Kier alpha value is -2.38. The van der Waals surface area contributed by atoms with Gasteiger partial charge in [0.2, 0.25) is 11.8 Å². The van der Waals surface area contributed by atoms with E-state index in [9.17, 15) is 18.4 Å². The zero-order valence-corrected chi connectivity index (χ0v) is 14.3. The summed E-state index contributed by atoms with van der Waals surface area (Å²) >= 11 is 0. The number of ether oxygens (including phenoxy) is 2. The van der Waals surface area contributed by atoms with Crippen LogP contribution in [0.3, 0.4) is 0 Å². The van der Waals surface area contributed by atoms with E-state index in [-0.39, 0.29) is 23.3 Å². The molecule has 1 aliphatic heterocycles. The minimum atomic E-state index is -3.00. The molecule has 1 aromatic rings. The number of halogens is 2. The Balaban J connectivity index is 2.10. The highest BCUT2D eigenvalue weighted by molar-refractivity contribution is 5.97. The van der Waals surface area contributed by atoms with Crippen LogP contribution in [-0.4, -0.2) is 43.0 Å². The van der Waals surface area contributed by atoms with Crippen molar-refractivity contribution < 1.29 is 27.8 Å². The summed E-state index contributed by atoms with van der Waals surface area (Å²) in [6.07, 6.45) is 2.46. The third-order valence-corrected chi connectivity index (χ3v) is 3.99. The number of alkyl halides is 2. The minimum absolute atomic E-state index is 0.0448. The number of benzene rings is 1. The van der Waals surface area contributed by atoms with Crippen LogP contribution >= 0.6 is 0 Å². The third kappa shape index (κ3) is 4.80. The SMILES string of the molecule is CCCC(=O)N1CCC[C@@H]1C(=O)Nc1ccc(OC)c(OC(F)F)c1. The van der Waals surface area contributed by atoms with Crippen LogP contribution in [0.4, 0.5) is 14.5 Å². The number of rotatable bonds is 7. The predicted octanol–water partition coefficient (Wildman–Crippen LogP) is 3.03. The number of amides is 2. The molecule has 2 amide bonds. The summed E-state index contributed by atoms with van der Waals surface area (Å²) in [5.41, 5.74) is 0.302. The quantitative estimate of drug-likeness (QED) is 0.815. The number of likely N-dealkylation sites (tertiary alicyclic amines) is 1. The molecule has 0 radical (unpaired) electrons. The van der Waals surface area contributed by atoms with Gasteiger partial charge < -0.3 is 19.7 Å². The molecule has 138 valence electrons. The van der Waals surface area contributed by atoms with E-state index in [1.165, 1.54) is 25.3 Å². The Morgan fingerprint density at radius 3 is 2.76 bits per heavy atom. The van der Waals surface area contributed by atoms with Gasteiger partial charge in [0.1, 0.15) is 6.04 Å². The van der Waals surface area contributed by atoms with Crippen molar-refractivity contribution in [3.8, 4) is 11.5 Å². The van der Waals surface area contributed by atoms with E-state index in [1.807, 2.05) is 6.92 Å². The van der Waals surface area contributed by atoms with Crippen molar-refractivity contribution in [1.82, 2.24) is 4.90 Å². The monoisotopic (exact) mass is 356 g/mol. The van der Waals surface area contributed by atoms with Gasteiger partial charge in [0.15, 0.2) is 11.5 Å². The fraction of sp³-hybridized carbons (Fsp3) is 0.529. The average molecular weight is 356 g/mol. The summed E-state index contributed by atoms with van der Waals surface area (Å²) in [4.78, 5) is 26.2. The van der Waals surface area contributed by atoms with E-state index in [0.29, 0.717) is 25.1 Å². The molecule has 1 aliphatic rings. The summed E-state index contributed by atoms with van der Waals surface area (Å²) in [5.74, 6) is -0.411. The largest absolute Gasteiger partial charge is 0.493 e. The van der Waals surface area contributed by atoms with Crippen LogP contribution in [0.1, 0.15) is 32.6 Å². The van der Waals surface area contributed by atoms with Gasteiger partial charge in [-0.25, -0.2) is 0 Å². The van der Waals surface area contributed by atoms with Crippen LogP contribution in [0.5, 0.6) is 11.5 Å². The van der Waals surface area contributed by atoms with Crippen molar-refractivity contribution >= 4 is 17.5 Å². The molecule has 0 aromatic heterocycles. The Bertz CT molecular complexity index is 625. The van der Waals surface area contributed by atoms with Crippen molar-refractivity contribution in [3.63, 3.8) is 0 Å². The van der Waals surface area contributed by atoms with Crippen LogP contribution in [0.15, 0.2) is 18.2 Å². The predicted molar refractivity (Wildman–Crippen MR) is 87.9 cm³/mol. The van der Waals surface area contributed by atoms with E-state index in [2.05, 4.69) is 10.1 Å². The van der Waals surface area contributed by atoms with Crippen molar-refractivity contribution in [2.45, 2.75) is 45.3 Å². The van der Waals surface area contributed by atoms with Gasteiger partial charge in [0.05, 0.1) is 7.11 Å². The van der Waals surface area contributed by atoms with E-state index in [4.69, 9.17) is 4.74 Å². The number of nitrogens with one attached hydrogen (secondary N) is 1. The van der Waals surface area contributed by atoms with Crippen molar-refractivity contribution in [2.75, 3.05) is 19.0 Å². The highest BCUT2D eigenvalue weighted by Crippen LogP contribution is 2.32. The van der Waals surface area contributed by atoms with Crippen molar-refractivity contribution in [3.05, 3.63) is 18.2 Å². The molecule has 1 atom stereocenters. The Morgan fingerprint density at radius 1 is 1.36 bits per heavy atom. The first-order chi connectivity index (χ1) is 12.0. The van der Waals surface area contributed by atoms with Gasteiger partial charge in [-0.3, -0.25) is 9.59 Å². The molecule has 0 spiro atoms. The standard InChI is InChI=1S/C17H22F2N2O4/c1-3-5-15(22)21-9-4-6-12(21)16(23)20-11-7-8-13(24-2)14(10-11)25-17(18)19/h7-8,10,12,17H,3-6,9H2,1-2H3,(H,20,23)/t12-/m1/s1. The molecule has 0 saturated carbocycles. The molecule has 1 saturated heterocycles. The second-order valence-corrected chi connectivity index (χ2v) is 5.73. The number of hydrogen-bond acceptors (Lipinski definition) is 4. The lowest BCUT2D eigenvalue weighted by atomic mass is 10.2. The van der Waals surface area contributed by atoms with Gasteiger partial charge in [0.25, 0.3) is 0 Å². The topological polar surface area (TPSA) is 67.9 Å². The molecule has 8 heteroatoms. The molecule has 1 fully saturated rings. The third-order valence-electron chi connectivity index (χ3n) is 3.99. The molecular formula is C17H22F2N2O4. The van der Waals surface area contributed by atoms with Gasteiger partial charge in [-0.05, 0) is 31.4 Å². The zero-order valence-electron chi connectivity index (χ0n) is 14.3. The van der Waals surface area contributed by atoms with E-state index >= 15 is 0 Å². The van der Waals surface area contributed by atoms with Crippen molar-refractivity contribution in [2.24, 2.45) is 0 Å². The summed E-state index contributed by atoms with van der Waals surface area (Å²) in [7, 11) is 1.33. The maximum Gasteiger partial charge on any atom is 0.387 e. The molecule has 6 nitrogen and oxygen atoms in total. The Kier molecular flexibility index (Phi) is 6.55. The maximum absolute atomic E-state index is 12.5. The van der Waals surface area contributed by atoms with Gasteiger partial charge in [-0.15, -0.1) is 0 Å². The highest BCUT2D eigenvalue weighted by Gasteiger charge is 2.33. The smallest absolute Gasteiger partial charge is 0.387 e. The van der Waals surface area contributed by atoms with Crippen LogP contribution in [0.2, 0.25) is 0 Å². The summed E-state index contributed by atoms with van der Waals surface area (Å²) in [5, 5.41) is 2.66. The molecule has 1 heterocycles. The number of anilines is 1. The average Bonchev–Trinajstić information content (AvgIpc) is 3.04. The first-order valence-electron chi connectivity index (χ1n) is 8.19. The zero-order chi connectivity index (χ0) is 18.4. The molecule has 0 aliphatic carbocycles. The second-order valence-electron chi connectivity index (χ2n) is 5.73. The number of carbonyl (C=O) groups excluding carboxylic acids is 2. The molecule has 2 rings (SSSR count). The summed E-state index contributed by atoms with van der Waals surface area (Å²) < 4.78 is 34.3. The van der Waals surface area contributed by atoms with E-state index < -0.39 is 12.7 Å². The fourth-order valence-electron chi connectivity index (χ4n) is 2.86. The highest BCUT2D eigenvalue weighted by atomic mass is 19.3. The first kappa shape index (κ1) is 19.0. The van der Waals surface area contributed by atoms with Crippen LogP contribution in [0.25, 0.3) is 0 Å². The molecule has 1 aromatic carbocycles. The van der Waals surface area contributed by atoms with Crippen molar-refractivity contribution in [1.29, 1.82) is 0 Å². The molecule has 25 heavy (non-hydrogen) atoms. The lowest BCUT2D eigenvalue weighted by Gasteiger charge is -2.24. The Morgan fingerprint density at radius 2 is 2.12 bits per heavy atom. The number of hydrogen-bond donors (Lipinski definition) is 1. The van der Waals surface area contributed by atoms with Gasteiger partial charge in [0, 0.05) is 24.7 Å². The number of methoxy groups -OCH3 is 1. The molecule has 1 N–H and O–H groups in total. The minimum Gasteiger partial charge on any atom is -0.493 e. The maximum atomic E-state index is 12.5. The summed E-state index contributed by atoms with van der Waals surface area (Å²) in [6, 6.07) is 3.70. The van der Waals surface area contributed by atoms with Gasteiger partial charge in [-0.2, -0.15) is 8.78 Å². The van der Waals surface area contributed by atoms with Gasteiger partial charge >= 0.3 is 6.61 Å².